The fourth-order valence-corrected chi connectivity index (χ4v) is 3.19. The maximum absolute atomic E-state index is 12.2. The van der Waals surface area contributed by atoms with Crippen LogP contribution in [0.4, 0.5) is 0 Å². The molecule has 3 atom stereocenters. The maximum Gasteiger partial charge on any atom is 0.472 e. The molecular weight excluding hydrogens is 505 g/mol. The number of carboxylic acids is 1. The molecule has 4 N–H and O–H groups in total. The second-order valence-electron chi connectivity index (χ2n) is 7.69. The van der Waals surface area contributed by atoms with Crippen LogP contribution < -0.4 is 5.73 Å². The molecule has 0 aliphatic carbocycles. The highest BCUT2D eigenvalue weighted by atomic mass is 31.2. The third-order valence-corrected chi connectivity index (χ3v) is 5.36. The van der Waals surface area contributed by atoms with E-state index in [-0.39, 0.29) is 12.8 Å². The molecule has 0 spiro atoms. The average Bonchev–Trinajstić information content (AvgIpc) is 2.86. The number of carboxylic acid groups (broad SMARTS) is 1. The molecule has 0 radical (unpaired) electrons. The van der Waals surface area contributed by atoms with E-state index < -0.39 is 57.7 Å². The minimum absolute atomic E-state index is 0.0349. The Balaban J connectivity index is 4.48. The van der Waals surface area contributed by atoms with E-state index in [0.717, 1.165) is 25.7 Å². The van der Waals surface area contributed by atoms with E-state index in [2.05, 4.69) is 41.8 Å². The Bertz CT molecular complexity index is 837. The van der Waals surface area contributed by atoms with Crippen LogP contribution in [-0.2, 0) is 37.5 Å². The lowest BCUT2D eigenvalue weighted by atomic mass is 10.2. The highest BCUT2D eigenvalue weighted by molar-refractivity contribution is 7.47. The Hall–Kier alpha value is -2.56. The summed E-state index contributed by atoms with van der Waals surface area (Å²) in [5.41, 5.74) is 5.21. The molecule has 0 aliphatic heterocycles. The summed E-state index contributed by atoms with van der Waals surface area (Å²) in [6.07, 6.45) is 19.2. The van der Waals surface area contributed by atoms with Crippen LogP contribution in [0.25, 0.3) is 0 Å². The first-order chi connectivity index (χ1) is 17.6. The summed E-state index contributed by atoms with van der Waals surface area (Å²) in [5, 5.41) is 8.70. The zero-order chi connectivity index (χ0) is 27.9. The van der Waals surface area contributed by atoms with Gasteiger partial charge in [-0.05, 0) is 32.1 Å². The molecule has 0 aromatic carbocycles. The minimum atomic E-state index is -4.69. The third kappa shape index (κ3) is 21.2. The largest absolute Gasteiger partial charge is 0.480 e. The molecule has 11 nitrogen and oxygen atoms in total. The molecule has 0 saturated heterocycles. The first-order valence-corrected chi connectivity index (χ1v) is 13.7. The lowest BCUT2D eigenvalue weighted by molar-refractivity contribution is -0.161. The molecule has 0 aromatic rings. The van der Waals surface area contributed by atoms with Gasteiger partial charge in [-0.3, -0.25) is 23.4 Å². The minimum Gasteiger partial charge on any atom is -0.480 e. The fraction of sp³-hybridized carbons (Fsp3) is 0.560. The van der Waals surface area contributed by atoms with Crippen molar-refractivity contribution in [3.63, 3.8) is 0 Å². The monoisotopic (exact) mass is 545 g/mol. The number of allylic oxidation sites excluding steroid dienone is 8. The summed E-state index contributed by atoms with van der Waals surface area (Å²) >= 11 is 0. The van der Waals surface area contributed by atoms with E-state index >= 15 is 0 Å². The predicted octanol–water partition coefficient (Wildman–Crippen LogP) is 3.98. The van der Waals surface area contributed by atoms with Crippen molar-refractivity contribution in [1.29, 1.82) is 0 Å². The van der Waals surface area contributed by atoms with Crippen LogP contribution in [0, 0.1) is 0 Å². The van der Waals surface area contributed by atoms with Crippen LogP contribution in [0.3, 0.4) is 0 Å². The first kappa shape index (κ1) is 34.4. The summed E-state index contributed by atoms with van der Waals surface area (Å²) in [6.45, 7) is 1.89. The number of carbonyl (C=O) groups is 3. The van der Waals surface area contributed by atoms with E-state index in [1.165, 1.54) is 0 Å². The number of hydrogen-bond donors (Lipinski definition) is 3. The van der Waals surface area contributed by atoms with Crippen molar-refractivity contribution >= 4 is 25.7 Å². The van der Waals surface area contributed by atoms with E-state index in [9.17, 15) is 23.8 Å². The first-order valence-electron chi connectivity index (χ1n) is 12.2. The molecule has 3 unspecified atom stereocenters. The summed E-state index contributed by atoms with van der Waals surface area (Å²) in [6, 6.07) is -1.53. The number of rotatable bonds is 21. The summed E-state index contributed by atoms with van der Waals surface area (Å²) in [7, 11) is -4.69. The number of esters is 2. The van der Waals surface area contributed by atoms with E-state index in [1.54, 1.807) is 6.92 Å². The number of carbonyl (C=O) groups excluding carboxylic acids is 2. The van der Waals surface area contributed by atoms with Crippen LogP contribution in [0.1, 0.15) is 58.8 Å². The van der Waals surface area contributed by atoms with Gasteiger partial charge in [-0.25, -0.2) is 4.57 Å². The van der Waals surface area contributed by atoms with Gasteiger partial charge in [0.1, 0.15) is 12.6 Å². The SMILES string of the molecule is CC/C=C\C/C=C\C/C=C\C/C=C\CCC(=O)OC(COC(=O)CC)COP(=O)(O)OCC(N)C(=O)O. The van der Waals surface area contributed by atoms with Crippen LogP contribution in [-0.4, -0.2) is 59.9 Å². The van der Waals surface area contributed by atoms with Gasteiger partial charge in [-0.2, -0.15) is 0 Å². The molecular formula is C25H40NO10P. The van der Waals surface area contributed by atoms with Crippen molar-refractivity contribution in [2.75, 3.05) is 19.8 Å². The Labute approximate surface area is 218 Å². The summed E-state index contributed by atoms with van der Waals surface area (Å²) in [4.78, 5) is 44.0. The second-order valence-corrected chi connectivity index (χ2v) is 9.15. The molecule has 0 amide bonds. The van der Waals surface area contributed by atoms with Gasteiger partial charge in [-0.15, -0.1) is 0 Å². The smallest absolute Gasteiger partial charge is 0.472 e. The van der Waals surface area contributed by atoms with Crippen molar-refractivity contribution in [2.45, 2.75) is 70.9 Å². The number of aliphatic carboxylic acids is 1. The molecule has 0 aliphatic rings. The topological polar surface area (TPSA) is 172 Å². The van der Waals surface area contributed by atoms with Crippen molar-refractivity contribution in [2.24, 2.45) is 5.73 Å². The third-order valence-electron chi connectivity index (χ3n) is 4.41. The highest BCUT2D eigenvalue weighted by Crippen LogP contribution is 2.43. The van der Waals surface area contributed by atoms with Gasteiger partial charge in [0.25, 0.3) is 0 Å². The lowest BCUT2D eigenvalue weighted by Crippen LogP contribution is -2.34. The zero-order valence-corrected chi connectivity index (χ0v) is 22.4. The molecule has 0 saturated carbocycles. The summed E-state index contributed by atoms with van der Waals surface area (Å²) < 4.78 is 31.3. The van der Waals surface area contributed by atoms with Gasteiger partial charge in [0.05, 0.1) is 13.2 Å². The molecule has 0 rings (SSSR count). The Kier molecular flexibility index (Phi) is 20.0. The van der Waals surface area contributed by atoms with Crippen LogP contribution in [0.5, 0.6) is 0 Å². The highest BCUT2D eigenvalue weighted by Gasteiger charge is 2.27. The lowest BCUT2D eigenvalue weighted by Gasteiger charge is -2.20. The molecule has 37 heavy (non-hydrogen) atoms. The van der Waals surface area contributed by atoms with E-state index in [1.807, 2.05) is 18.2 Å². The van der Waals surface area contributed by atoms with Crippen LogP contribution in [0.2, 0.25) is 0 Å². The van der Waals surface area contributed by atoms with Crippen molar-refractivity contribution < 1.29 is 47.5 Å². The Morgan fingerprint density at radius 1 is 0.838 bits per heavy atom. The van der Waals surface area contributed by atoms with Crippen LogP contribution >= 0.6 is 7.82 Å². The standard InChI is InChI=1S/C25H40NO10P/c1-3-5-6-7-8-9-10-11-12-13-14-15-16-17-24(28)36-21(18-33-23(27)4-2)19-34-37(31,32)35-20-22(26)25(29)30/h5-6,8-9,11-12,14-15,21-22H,3-4,7,10,13,16-20,26H2,1-2H3,(H,29,30)(H,31,32)/b6-5-,9-8-,12-11-,15-14-. The zero-order valence-electron chi connectivity index (χ0n) is 21.5. The molecule has 0 aromatic heterocycles. The normalized spacial score (nSPS) is 15.4. The van der Waals surface area contributed by atoms with Gasteiger partial charge >= 0.3 is 25.7 Å². The average molecular weight is 546 g/mol. The fourth-order valence-electron chi connectivity index (χ4n) is 2.41. The molecule has 0 heterocycles. The molecule has 12 heteroatoms. The molecule has 0 bridgehead atoms. The van der Waals surface area contributed by atoms with Crippen molar-refractivity contribution in [3.8, 4) is 0 Å². The van der Waals surface area contributed by atoms with Gasteiger partial charge in [0.15, 0.2) is 6.10 Å². The second kappa shape index (κ2) is 21.5. The van der Waals surface area contributed by atoms with Crippen LogP contribution in [0.15, 0.2) is 48.6 Å². The number of phosphoric acid groups is 1. The maximum atomic E-state index is 12.2. The number of nitrogens with two attached hydrogens (primary N) is 1. The predicted molar refractivity (Wildman–Crippen MR) is 138 cm³/mol. The molecule has 0 fully saturated rings. The number of ether oxygens (including phenoxy) is 2. The summed E-state index contributed by atoms with van der Waals surface area (Å²) in [5.74, 6) is -2.60. The Morgan fingerprint density at radius 3 is 1.92 bits per heavy atom. The van der Waals surface area contributed by atoms with Gasteiger partial charge in [0, 0.05) is 12.8 Å². The van der Waals surface area contributed by atoms with Crippen molar-refractivity contribution in [1.82, 2.24) is 0 Å². The molecule has 210 valence electrons. The Morgan fingerprint density at radius 2 is 1.38 bits per heavy atom. The van der Waals surface area contributed by atoms with Gasteiger partial charge in [-0.1, -0.05) is 62.5 Å². The quantitative estimate of drug-likeness (QED) is 0.108. The van der Waals surface area contributed by atoms with Gasteiger partial charge < -0.3 is 25.2 Å². The van der Waals surface area contributed by atoms with E-state index in [0.29, 0.717) is 6.42 Å². The number of hydrogen-bond acceptors (Lipinski definition) is 9. The van der Waals surface area contributed by atoms with Gasteiger partial charge in [0.2, 0.25) is 0 Å². The number of phosphoric ester groups is 1. The van der Waals surface area contributed by atoms with Crippen molar-refractivity contribution in [3.05, 3.63) is 48.6 Å². The van der Waals surface area contributed by atoms with E-state index in [4.69, 9.17) is 24.8 Å².